The van der Waals surface area contributed by atoms with Gasteiger partial charge in [-0.1, -0.05) is 5.16 Å². The molecule has 1 aliphatic rings. The highest BCUT2D eigenvalue weighted by Gasteiger charge is 2.35. The molecule has 1 atom stereocenters. The molecule has 0 radical (unpaired) electrons. The number of benzene rings is 2. The van der Waals surface area contributed by atoms with Crippen molar-refractivity contribution in [2.24, 2.45) is 0 Å². The molecule has 1 fully saturated rings. The molecule has 5 nitrogen and oxygen atoms in total. The molecule has 27 heavy (non-hydrogen) atoms. The van der Waals surface area contributed by atoms with Crippen LogP contribution in [0.25, 0.3) is 11.4 Å². The quantitative estimate of drug-likeness (QED) is 0.607. The number of amides is 1. The molecule has 1 amide bonds. The van der Waals surface area contributed by atoms with Crippen molar-refractivity contribution in [2.45, 2.75) is 12.3 Å². The van der Waals surface area contributed by atoms with Gasteiger partial charge in [-0.25, -0.2) is 13.2 Å². The van der Waals surface area contributed by atoms with Gasteiger partial charge >= 0.3 is 0 Å². The summed E-state index contributed by atoms with van der Waals surface area (Å²) in [7, 11) is 0. The van der Waals surface area contributed by atoms with E-state index in [0.717, 1.165) is 18.2 Å². The normalized spacial score (nSPS) is 17.0. The Bertz CT molecular complexity index is 1020. The molecule has 0 bridgehead atoms. The maximum atomic E-state index is 13.4. The summed E-state index contributed by atoms with van der Waals surface area (Å²) in [5.74, 6) is -2.15. The van der Waals surface area contributed by atoms with E-state index in [1.807, 2.05) is 0 Å². The summed E-state index contributed by atoms with van der Waals surface area (Å²) >= 11 is 3.10. The van der Waals surface area contributed by atoms with E-state index < -0.39 is 23.4 Å². The van der Waals surface area contributed by atoms with Crippen LogP contribution >= 0.6 is 15.9 Å². The highest BCUT2D eigenvalue weighted by atomic mass is 79.9. The Labute approximate surface area is 159 Å². The average Bonchev–Trinajstić information content (AvgIpc) is 3.23. The van der Waals surface area contributed by atoms with Crippen molar-refractivity contribution in [3.8, 4) is 11.4 Å². The van der Waals surface area contributed by atoms with Gasteiger partial charge < -0.3 is 9.42 Å². The fourth-order valence-electron chi connectivity index (χ4n) is 2.97. The Balaban J connectivity index is 1.57. The minimum Gasteiger partial charge on any atom is -0.339 e. The van der Waals surface area contributed by atoms with Gasteiger partial charge in [0.05, 0.1) is 10.4 Å². The molecule has 0 aliphatic carbocycles. The number of anilines is 1. The fourth-order valence-corrected chi connectivity index (χ4v) is 3.35. The van der Waals surface area contributed by atoms with Gasteiger partial charge in [0, 0.05) is 30.3 Å². The van der Waals surface area contributed by atoms with E-state index >= 15 is 0 Å². The molecular weight excluding hydrogens is 427 g/mol. The Morgan fingerprint density at radius 3 is 2.56 bits per heavy atom. The zero-order valence-electron chi connectivity index (χ0n) is 13.6. The van der Waals surface area contributed by atoms with E-state index in [4.69, 9.17) is 4.52 Å². The number of hydrogen-bond donors (Lipinski definition) is 0. The van der Waals surface area contributed by atoms with Gasteiger partial charge in [0.1, 0.15) is 17.5 Å². The number of hydrogen-bond acceptors (Lipinski definition) is 4. The second kappa shape index (κ2) is 6.80. The second-order valence-electron chi connectivity index (χ2n) is 6.12. The molecular formula is C18H11BrF3N3O2. The minimum atomic E-state index is -0.761. The highest BCUT2D eigenvalue weighted by Crippen LogP contribution is 2.33. The van der Waals surface area contributed by atoms with Crippen LogP contribution in [0, 0.1) is 17.5 Å². The first kappa shape index (κ1) is 17.7. The van der Waals surface area contributed by atoms with Crippen LogP contribution in [0.1, 0.15) is 18.2 Å². The minimum absolute atomic E-state index is 0.0763. The van der Waals surface area contributed by atoms with Crippen LogP contribution in [0.5, 0.6) is 0 Å². The molecule has 1 aromatic heterocycles. The van der Waals surface area contributed by atoms with Crippen molar-refractivity contribution in [3.05, 3.63) is 64.2 Å². The Morgan fingerprint density at radius 1 is 1.11 bits per heavy atom. The van der Waals surface area contributed by atoms with Crippen molar-refractivity contribution in [3.63, 3.8) is 0 Å². The van der Waals surface area contributed by atoms with Crippen LogP contribution < -0.4 is 4.90 Å². The number of nitrogens with zero attached hydrogens (tertiary/aromatic N) is 3. The lowest BCUT2D eigenvalue weighted by molar-refractivity contribution is -0.117. The summed E-state index contributed by atoms with van der Waals surface area (Å²) in [5, 5.41) is 3.87. The number of aromatic nitrogens is 2. The van der Waals surface area contributed by atoms with Gasteiger partial charge in [-0.2, -0.15) is 4.98 Å². The maximum Gasteiger partial charge on any atom is 0.232 e. The predicted molar refractivity (Wildman–Crippen MR) is 93.5 cm³/mol. The molecule has 2 heterocycles. The van der Waals surface area contributed by atoms with E-state index in [1.54, 1.807) is 0 Å². The molecule has 0 N–H and O–H groups in total. The van der Waals surface area contributed by atoms with Gasteiger partial charge in [-0.3, -0.25) is 4.79 Å². The standard InChI is InChI=1S/C18H11BrF3N3O2/c19-14-3-9(1-2-15(14)22)17-23-18(27-24-17)10-4-16(26)25(8-10)13-6-11(20)5-12(21)7-13/h1-3,5-7,10H,4,8H2. The van der Waals surface area contributed by atoms with Crippen molar-refractivity contribution in [1.29, 1.82) is 0 Å². The van der Waals surface area contributed by atoms with Crippen molar-refractivity contribution in [2.75, 3.05) is 11.4 Å². The highest BCUT2D eigenvalue weighted by molar-refractivity contribution is 9.10. The monoisotopic (exact) mass is 437 g/mol. The van der Waals surface area contributed by atoms with Crippen LogP contribution in [-0.2, 0) is 4.79 Å². The summed E-state index contributed by atoms with van der Waals surface area (Å²) in [6, 6.07) is 7.24. The van der Waals surface area contributed by atoms with E-state index in [-0.39, 0.29) is 40.7 Å². The van der Waals surface area contributed by atoms with E-state index in [2.05, 4.69) is 26.1 Å². The van der Waals surface area contributed by atoms with Gasteiger partial charge in [0.15, 0.2) is 0 Å². The SMILES string of the molecule is O=C1CC(c2nc(-c3ccc(F)c(Br)c3)no2)CN1c1cc(F)cc(F)c1. The first-order valence-corrected chi connectivity index (χ1v) is 8.75. The summed E-state index contributed by atoms with van der Waals surface area (Å²) in [6.07, 6.45) is 0.0763. The largest absolute Gasteiger partial charge is 0.339 e. The fraction of sp³-hybridized carbons (Fsp3) is 0.167. The van der Waals surface area contributed by atoms with Crippen LogP contribution in [-0.4, -0.2) is 22.6 Å². The van der Waals surface area contributed by atoms with E-state index in [1.165, 1.54) is 23.1 Å². The topological polar surface area (TPSA) is 59.2 Å². The maximum absolute atomic E-state index is 13.4. The first-order chi connectivity index (χ1) is 12.9. The van der Waals surface area contributed by atoms with Crippen molar-refractivity contribution in [1.82, 2.24) is 10.1 Å². The molecule has 1 unspecified atom stereocenters. The van der Waals surface area contributed by atoms with Gasteiger partial charge in [-0.15, -0.1) is 0 Å². The average molecular weight is 438 g/mol. The van der Waals surface area contributed by atoms with Crippen molar-refractivity contribution < 1.29 is 22.5 Å². The number of carbonyl (C=O) groups is 1. The molecule has 1 aliphatic heterocycles. The number of carbonyl (C=O) groups excluding carboxylic acids is 1. The lowest BCUT2D eigenvalue weighted by Crippen LogP contribution is -2.24. The molecule has 1 saturated heterocycles. The van der Waals surface area contributed by atoms with E-state index in [9.17, 15) is 18.0 Å². The smallest absolute Gasteiger partial charge is 0.232 e. The van der Waals surface area contributed by atoms with Crippen molar-refractivity contribution >= 4 is 27.5 Å². The van der Waals surface area contributed by atoms with Crippen LogP contribution in [0.4, 0.5) is 18.9 Å². The second-order valence-corrected chi connectivity index (χ2v) is 6.97. The molecule has 4 rings (SSSR count). The number of rotatable bonds is 3. The third kappa shape index (κ3) is 3.46. The summed E-state index contributed by atoms with van der Waals surface area (Å²) in [4.78, 5) is 17.9. The molecule has 9 heteroatoms. The van der Waals surface area contributed by atoms with Crippen LogP contribution in [0.15, 0.2) is 45.4 Å². The van der Waals surface area contributed by atoms with Crippen LogP contribution in [0.2, 0.25) is 0 Å². The molecule has 2 aromatic carbocycles. The summed E-state index contributed by atoms with van der Waals surface area (Å²) < 4.78 is 45.7. The first-order valence-electron chi connectivity index (χ1n) is 7.96. The predicted octanol–water partition coefficient (Wildman–Crippen LogP) is 4.44. The lowest BCUT2D eigenvalue weighted by Gasteiger charge is -2.16. The molecule has 0 saturated carbocycles. The lowest BCUT2D eigenvalue weighted by atomic mass is 10.1. The summed E-state index contributed by atoms with van der Waals surface area (Å²) in [5.41, 5.74) is 0.689. The molecule has 3 aromatic rings. The van der Waals surface area contributed by atoms with Gasteiger partial charge in [0.2, 0.25) is 17.6 Å². The van der Waals surface area contributed by atoms with E-state index in [0.29, 0.717) is 5.56 Å². The zero-order valence-corrected chi connectivity index (χ0v) is 15.2. The number of halogens is 4. The Morgan fingerprint density at radius 2 is 1.85 bits per heavy atom. The zero-order chi connectivity index (χ0) is 19.1. The Kier molecular flexibility index (Phi) is 4.47. The van der Waals surface area contributed by atoms with Gasteiger partial charge in [0.25, 0.3) is 0 Å². The summed E-state index contributed by atoms with van der Waals surface area (Å²) in [6.45, 7) is 0.163. The Hall–Kier alpha value is -2.68. The third-order valence-electron chi connectivity index (χ3n) is 4.25. The molecule has 0 spiro atoms. The van der Waals surface area contributed by atoms with Crippen LogP contribution in [0.3, 0.4) is 0 Å². The third-order valence-corrected chi connectivity index (χ3v) is 4.86. The molecule has 138 valence electrons. The van der Waals surface area contributed by atoms with Gasteiger partial charge in [-0.05, 0) is 46.3 Å².